The average molecular weight is 411 g/mol. The van der Waals surface area contributed by atoms with Crippen molar-refractivity contribution in [3.05, 3.63) is 65.7 Å². The highest BCUT2D eigenvalue weighted by atomic mass is 16.5. The molecule has 2 unspecified atom stereocenters. The third kappa shape index (κ3) is 4.73. The van der Waals surface area contributed by atoms with Gasteiger partial charge in [-0.1, -0.05) is 30.3 Å². The molecule has 0 amide bonds. The van der Waals surface area contributed by atoms with Crippen LogP contribution in [0.3, 0.4) is 0 Å². The summed E-state index contributed by atoms with van der Waals surface area (Å²) in [6.07, 6.45) is 0. The van der Waals surface area contributed by atoms with Gasteiger partial charge in [0, 0.05) is 31.7 Å². The number of benzene rings is 2. The van der Waals surface area contributed by atoms with E-state index in [4.69, 9.17) is 14.2 Å². The molecule has 0 saturated carbocycles. The molecule has 6 heteroatoms. The van der Waals surface area contributed by atoms with Crippen LogP contribution in [0.15, 0.2) is 54.6 Å². The molecule has 0 spiro atoms. The third-order valence-electron chi connectivity index (χ3n) is 5.96. The number of carbonyl (C=O) groups is 1. The highest BCUT2D eigenvalue weighted by Crippen LogP contribution is 2.31. The van der Waals surface area contributed by atoms with E-state index in [9.17, 15) is 4.79 Å². The molecule has 2 saturated heterocycles. The van der Waals surface area contributed by atoms with Crippen molar-refractivity contribution >= 4 is 5.78 Å². The zero-order valence-corrected chi connectivity index (χ0v) is 17.5. The summed E-state index contributed by atoms with van der Waals surface area (Å²) in [6, 6.07) is 17.5. The minimum absolute atomic E-state index is 0.0391. The second-order valence-corrected chi connectivity index (χ2v) is 7.69. The van der Waals surface area contributed by atoms with Crippen LogP contribution in [0.1, 0.15) is 22.0 Å². The van der Waals surface area contributed by atoms with Crippen LogP contribution >= 0.6 is 0 Å². The molecule has 0 aromatic heterocycles. The van der Waals surface area contributed by atoms with Crippen LogP contribution in [-0.4, -0.2) is 81.3 Å². The van der Waals surface area contributed by atoms with Gasteiger partial charge in [0.05, 0.1) is 45.6 Å². The predicted molar refractivity (Wildman–Crippen MR) is 115 cm³/mol. The summed E-state index contributed by atoms with van der Waals surface area (Å²) in [6.45, 7) is 5.81. The van der Waals surface area contributed by atoms with Gasteiger partial charge in [0.15, 0.2) is 5.78 Å². The first-order valence-electron chi connectivity index (χ1n) is 10.6. The number of Topliss-reactive ketones (excluding diaryl/α,β-unsaturated/α-hetero) is 1. The fourth-order valence-corrected chi connectivity index (χ4v) is 4.39. The maximum absolute atomic E-state index is 13.9. The zero-order valence-electron chi connectivity index (χ0n) is 17.5. The summed E-state index contributed by atoms with van der Waals surface area (Å²) in [7, 11) is 1.64. The van der Waals surface area contributed by atoms with Crippen molar-refractivity contribution in [3.63, 3.8) is 0 Å². The second-order valence-electron chi connectivity index (χ2n) is 7.69. The normalized spacial score (nSPS) is 20.4. The fraction of sp³-hybridized carbons (Fsp3) is 0.458. The van der Waals surface area contributed by atoms with Crippen LogP contribution in [0.4, 0.5) is 0 Å². The quantitative estimate of drug-likeness (QED) is 0.654. The van der Waals surface area contributed by atoms with E-state index < -0.39 is 0 Å². The summed E-state index contributed by atoms with van der Waals surface area (Å²) in [4.78, 5) is 18.6. The first-order valence-corrected chi connectivity index (χ1v) is 10.6. The van der Waals surface area contributed by atoms with Gasteiger partial charge in [-0.3, -0.25) is 14.6 Å². The first-order chi connectivity index (χ1) is 14.8. The molecule has 2 aromatic carbocycles. The Labute approximate surface area is 178 Å². The number of methoxy groups -OCH3 is 1. The van der Waals surface area contributed by atoms with Gasteiger partial charge in [-0.2, -0.15) is 0 Å². The average Bonchev–Trinajstić information content (AvgIpc) is 2.84. The van der Waals surface area contributed by atoms with Gasteiger partial charge in [0.25, 0.3) is 0 Å². The Kier molecular flexibility index (Phi) is 7.12. The van der Waals surface area contributed by atoms with Crippen LogP contribution < -0.4 is 4.74 Å². The van der Waals surface area contributed by atoms with E-state index in [-0.39, 0.29) is 17.9 Å². The van der Waals surface area contributed by atoms with Crippen LogP contribution in [-0.2, 0) is 9.47 Å². The maximum atomic E-state index is 13.9. The molecule has 0 aliphatic carbocycles. The third-order valence-corrected chi connectivity index (χ3v) is 5.96. The molecular weight excluding hydrogens is 380 g/mol. The molecule has 2 atom stereocenters. The van der Waals surface area contributed by atoms with E-state index in [2.05, 4.69) is 34.1 Å². The number of ether oxygens (including phenoxy) is 3. The molecule has 0 N–H and O–H groups in total. The van der Waals surface area contributed by atoms with Gasteiger partial charge >= 0.3 is 0 Å². The molecule has 2 aliphatic rings. The number of rotatable bonds is 7. The summed E-state index contributed by atoms with van der Waals surface area (Å²) in [5.41, 5.74) is 1.87. The van der Waals surface area contributed by atoms with Crippen LogP contribution in [0.25, 0.3) is 0 Å². The second kappa shape index (κ2) is 10.2. The Morgan fingerprint density at radius 2 is 1.40 bits per heavy atom. The highest BCUT2D eigenvalue weighted by Gasteiger charge is 2.39. The van der Waals surface area contributed by atoms with E-state index in [1.165, 1.54) is 0 Å². The topological polar surface area (TPSA) is 51.2 Å². The molecule has 0 bridgehead atoms. The summed E-state index contributed by atoms with van der Waals surface area (Å²) >= 11 is 0. The Balaban J connectivity index is 1.73. The predicted octanol–water partition coefficient (Wildman–Crippen LogP) is 2.65. The lowest BCUT2D eigenvalue weighted by Gasteiger charge is -2.44. The van der Waals surface area contributed by atoms with Gasteiger partial charge in [-0.25, -0.2) is 0 Å². The summed E-state index contributed by atoms with van der Waals surface area (Å²) in [5, 5.41) is 0. The van der Waals surface area contributed by atoms with Crippen LogP contribution in [0.5, 0.6) is 5.75 Å². The molecule has 6 nitrogen and oxygen atoms in total. The van der Waals surface area contributed by atoms with Gasteiger partial charge in [-0.05, 0) is 29.8 Å². The number of carbonyl (C=O) groups excluding carboxylic acids is 1. The van der Waals surface area contributed by atoms with Crippen LogP contribution in [0.2, 0.25) is 0 Å². The molecule has 30 heavy (non-hydrogen) atoms. The van der Waals surface area contributed by atoms with Crippen molar-refractivity contribution in [1.82, 2.24) is 9.80 Å². The van der Waals surface area contributed by atoms with E-state index in [1.54, 1.807) is 7.11 Å². The summed E-state index contributed by atoms with van der Waals surface area (Å²) < 4.78 is 16.5. The van der Waals surface area contributed by atoms with E-state index in [0.717, 1.165) is 37.5 Å². The van der Waals surface area contributed by atoms with Crippen molar-refractivity contribution in [2.75, 3.05) is 59.7 Å². The highest BCUT2D eigenvalue weighted by molar-refractivity contribution is 6.00. The van der Waals surface area contributed by atoms with Gasteiger partial charge in [0.1, 0.15) is 5.75 Å². The maximum Gasteiger partial charge on any atom is 0.181 e. The Morgan fingerprint density at radius 1 is 0.833 bits per heavy atom. The number of nitrogens with zero attached hydrogens (tertiary/aromatic N) is 2. The largest absolute Gasteiger partial charge is 0.497 e. The van der Waals surface area contributed by atoms with Gasteiger partial charge < -0.3 is 14.2 Å². The Bertz CT molecular complexity index is 800. The Hall–Kier alpha value is -2.25. The summed E-state index contributed by atoms with van der Waals surface area (Å²) in [5.74, 6) is 0.891. The van der Waals surface area contributed by atoms with Crippen molar-refractivity contribution in [2.45, 2.75) is 12.1 Å². The number of hydrogen-bond donors (Lipinski definition) is 0. The molecule has 2 aromatic rings. The van der Waals surface area contributed by atoms with E-state index in [0.29, 0.717) is 32.0 Å². The lowest BCUT2D eigenvalue weighted by Crippen LogP contribution is -2.55. The minimum Gasteiger partial charge on any atom is -0.497 e. The molecule has 2 heterocycles. The zero-order chi connectivity index (χ0) is 20.8. The number of hydrogen-bond acceptors (Lipinski definition) is 6. The standard InChI is InChI=1S/C24H30N2O4/c1-28-21-9-7-20(8-10-21)24(27)23(26-13-17-30-18-14-26)22(19-5-3-2-4-6-19)25-11-15-29-16-12-25/h2-10,22-23H,11-18H2,1H3. The van der Waals surface area contributed by atoms with Gasteiger partial charge in [0.2, 0.25) is 0 Å². The molecule has 0 radical (unpaired) electrons. The monoisotopic (exact) mass is 410 g/mol. The Morgan fingerprint density at radius 3 is 1.97 bits per heavy atom. The van der Waals surface area contributed by atoms with Crippen LogP contribution in [0, 0.1) is 0 Å². The number of morpholine rings is 2. The molecule has 4 rings (SSSR count). The first kappa shape index (κ1) is 21.0. The number of ketones is 1. The van der Waals surface area contributed by atoms with Crippen molar-refractivity contribution in [3.8, 4) is 5.75 Å². The van der Waals surface area contributed by atoms with Crippen molar-refractivity contribution in [1.29, 1.82) is 0 Å². The lowest BCUT2D eigenvalue weighted by molar-refractivity contribution is -0.0301. The van der Waals surface area contributed by atoms with E-state index in [1.807, 2.05) is 30.3 Å². The molecule has 2 aliphatic heterocycles. The van der Waals surface area contributed by atoms with Crippen molar-refractivity contribution in [2.24, 2.45) is 0 Å². The minimum atomic E-state index is -0.289. The lowest BCUT2D eigenvalue weighted by atomic mass is 9.89. The molecular formula is C24H30N2O4. The smallest absolute Gasteiger partial charge is 0.181 e. The SMILES string of the molecule is COc1ccc(C(=O)C(C(c2ccccc2)N2CCOCC2)N2CCOCC2)cc1. The van der Waals surface area contributed by atoms with Gasteiger partial charge in [-0.15, -0.1) is 0 Å². The molecule has 160 valence electrons. The van der Waals surface area contributed by atoms with Crippen molar-refractivity contribution < 1.29 is 19.0 Å². The molecule has 2 fully saturated rings. The fourth-order valence-electron chi connectivity index (χ4n) is 4.39. The van der Waals surface area contributed by atoms with E-state index >= 15 is 0 Å².